The second-order valence-corrected chi connectivity index (χ2v) is 4.97. The van der Waals surface area contributed by atoms with Gasteiger partial charge in [0.05, 0.1) is 12.3 Å². The minimum Gasteiger partial charge on any atom is -0.493 e. The molecule has 1 N–H and O–H groups in total. The summed E-state index contributed by atoms with van der Waals surface area (Å²) >= 11 is 0. The fraction of sp³-hybridized carbons (Fsp3) is 0.222. The molecule has 0 aliphatic heterocycles. The summed E-state index contributed by atoms with van der Waals surface area (Å²) < 4.78 is 5.33. The van der Waals surface area contributed by atoms with Crippen LogP contribution in [0.1, 0.15) is 34.0 Å². The number of nitrogens with zero attached hydrogens (tertiary/aromatic N) is 1. The Balaban J connectivity index is 2.33. The molecule has 0 amide bonds. The van der Waals surface area contributed by atoms with E-state index < -0.39 is 5.97 Å². The number of ether oxygens (including phenoxy) is 1. The van der Waals surface area contributed by atoms with Crippen molar-refractivity contribution in [2.75, 3.05) is 6.61 Å². The smallest absolute Gasteiger partial charge is 0.339 e. The van der Waals surface area contributed by atoms with Gasteiger partial charge in [0.25, 0.3) is 0 Å². The Hall–Kier alpha value is -2.62. The Morgan fingerprint density at radius 3 is 2.73 bits per heavy atom. The highest BCUT2D eigenvalue weighted by Crippen LogP contribution is 2.23. The number of carboxylic acid groups (broad SMARTS) is 1. The third-order valence-electron chi connectivity index (χ3n) is 3.46. The zero-order valence-electron chi connectivity index (χ0n) is 13.0. The number of rotatable bonds is 5. The summed E-state index contributed by atoms with van der Waals surface area (Å²) in [5.74, 6) is -0.635. The Morgan fingerprint density at radius 1 is 1.27 bits per heavy atom. The Labute approximate surface area is 130 Å². The second kappa shape index (κ2) is 6.89. The third-order valence-corrected chi connectivity index (χ3v) is 3.46. The molecule has 0 aliphatic rings. The molecule has 0 atom stereocenters. The maximum absolute atomic E-state index is 11.3. The number of carbonyl (C=O) groups is 1. The van der Waals surface area contributed by atoms with Crippen LogP contribution in [0, 0.1) is 13.8 Å². The standard InChI is InChI=1S/C18H19NO3/c1-4-22-17-9-8-14(10-15(17)18(20)21)11-19-16-7-5-6-12(2)13(16)3/h5-11H,4H2,1-3H3,(H,20,21). The molecule has 0 spiro atoms. The van der Waals surface area contributed by atoms with Crippen molar-refractivity contribution in [2.45, 2.75) is 20.8 Å². The second-order valence-electron chi connectivity index (χ2n) is 4.97. The van der Waals surface area contributed by atoms with Crippen LogP contribution in [0.4, 0.5) is 5.69 Å². The molecule has 2 aromatic carbocycles. The van der Waals surface area contributed by atoms with Crippen molar-refractivity contribution in [3.05, 3.63) is 58.7 Å². The van der Waals surface area contributed by atoms with Crippen LogP contribution in [0.25, 0.3) is 0 Å². The van der Waals surface area contributed by atoms with E-state index in [1.807, 2.05) is 39.0 Å². The van der Waals surface area contributed by atoms with E-state index in [2.05, 4.69) is 4.99 Å². The van der Waals surface area contributed by atoms with Crippen molar-refractivity contribution in [3.8, 4) is 5.75 Å². The third kappa shape index (κ3) is 3.52. The molecule has 22 heavy (non-hydrogen) atoms. The van der Waals surface area contributed by atoms with E-state index in [0.29, 0.717) is 12.4 Å². The predicted molar refractivity (Wildman–Crippen MR) is 87.7 cm³/mol. The topological polar surface area (TPSA) is 58.9 Å². The van der Waals surface area contributed by atoms with E-state index in [1.165, 1.54) is 5.56 Å². The molecule has 0 heterocycles. The van der Waals surface area contributed by atoms with Gasteiger partial charge in [-0.2, -0.15) is 0 Å². The molecule has 4 heteroatoms. The van der Waals surface area contributed by atoms with Crippen molar-refractivity contribution in [1.82, 2.24) is 0 Å². The van der Waals surface area contributed by atoms with Gasteiger partial charge in [-0.3, -0.25) is 4.99 Å². The van der Waals surface area contributed by atoms with Gasteiger partial charge in [0, 0.05) is 6.21 Å². The normalized spacial score (nSPS) is 10.9. The van der Waals surface area contributed by atoms with Gasteiger partial charge >= 0.3 is 5.97 Å². The van der Waals surface area contributed by atoms with Crippen LogP contribution in [0.5, 0.6) is 5.75 Å². The maximum Gasteiger partial charge on any atom is 0.339 e. The first-order valence-corrected chi connectivity index (χ1v) is 7.13. The largest absolute Gasteiger partial charge is 0.493 e. The number of aromatic carboxylic acids is 1. The molecule has 0 aromatic heterocycles. The Morgan fingerprint density at radius 2 is 2.05 bits per heavy atom. The zero-order chi connectivity index (χ0) is 16.1. The first-order valence-electron chi connectivity index (χ1n) is 7.13. The van der Waals surface area contributed by atoms with Crippen LogP contribution >= 0.6 is 0 Å². The zero-order valence-corrected chi connectivity index (χ0v) is 13.0. The Bertz CT molecular complexity index is 720. The summed E-state index contributed by atoms with van der Waals surface area (Å²) in [6.45, 7) is 6.30. The number of aliphatic imine (C=N–C) groups is 1. The highest BCUT2D eigenvalue weighted by atomic mass is 16.5. The molecule has 0 unspecified atom stereocenters. The summed E-state index contributed by atoms with van der Waals surface area (Å²) in [6, 6.07) is 11.0. The van der Waals surface area contributed by atoms with E-state index in [1.54, 1.807) is 24.4 Å². The minimum absolute atomic E-state index is 0.145. The van der Waals surface area contributed by atoms with Crippen LogP contribution in [-0.2, 0) is 0 Å². The van der Waals surface area contributed by atoms with Crippen LogP contribution in [-0.4, -0.2) is 23.9 Å². The summed E-state index contributed by atoms with van der Waals surface area (Å²) in [4.78, 5) is 15.8. The highest BCUT2D eigenvalue weighted by Gasteiger charge is 2.11. The maximum atomic E-state index is 11.3. The van der Waals surface area contributed by atoms with Gasteiger partial charge in [-0.05, 0) is 61.7 Å². The fourth-order valence-corrected chi connectivity index (χ4v) is 2.10. The lowest BCUT2D eigenvalue weighted by molar-refractivity contribution is 0.0692. The molecular weight excluding hydrogens is 278 g/mol. The van der Waals surface area contributed by atoms with Gasteiger partial charge < -0.3 is 9.84 Å². The first kappa shape index (κ1) is 15.8. The summed E-state index contributed by atoms with van der Waals surface area (Å²) in [6.07, 6.45) is 1.67. The molecule has 4 nitrogen and oxygen atoms in total. The van der Waals surface area contributed by atoms with E-state index in [-0.39, 0.29) is 5.56 Å². The lowest BCUT2D eigenvalue weighted by atomic mass is 10.1. The summed E-state index contributed by atoms with van der Waals surface area (Å²) in [7, 11) is 0. The molecule has 2 rings (SSSR count). The number of carboxylic acids is 1. The molecule has 0 aliphatic carbocycles. The van der Waals surface area contributed by atoms with Crippen molar-refractivity contribution >= 4 is 17.9 Å². The average Bonchev–Trinajstić information content (AvgIpc) is 2.50. The SMILES string of the molecule is CCOc1ccc(C=Nc2cccc(C)c2C)cc1C(=O)O. The fourth-order valence-electron chi connectivity index (χ4n) is 2.10. The van der Waals surface area contributed by atoms with Crippen molar-refractivity contribution < 1.29 is 14.6 Å². The molecule has 0 fully saturated rings. The number of aryl methyl sites for hydroxylation is 1. The molecule has 2 aromatic rings. The first-order chi connectivity index (χ1) is 10.5. The molecule has 0 saturated heterocycles. The molecule has 0 bridgehead atoms. The van der Waals surface area contributed by atoms with E-state index in [9.17, 15) is 9.90 Å². The van der Waals surface area contributed by atoms with Crippen LogP contribution in [0.3, 0.4) is 0 Å². The highest BCUT2D eigenvalue weighted by molar-refractivity contribution is 5.94. The number of hydrogen-bond acceptors (Lipinski definition) is 3. The van der Waals surface area contributed by atoms with Gasteiger partial charge in [-0.25, -0.2) is 4.79 Å². The predicted octanol–water partition coefficient (Wildman–Crippen LogP) is 4.15. The lowest BCUT2D eigenvalue weighted by Gasteiger charge is -2.07. The van der Waals surface area contributed by atoms with Crippen LogP contribution < -0.4 is 4.74 Å². The number of hydrogen-bond donors (Lipinski definition) is 1. The molecule has 0 radical (unpaired) electrons. The monoisotopic (exact) mass is 297 g/mol. The van der Waals surface area contributed by atoms with Gasteiger partial charge in [0.1, 0.15) is 11.3 Å². The Kier molecular flexibility index (Phi) is 4.94. The summed E-state index contributed by atoms with van der Waals surface area (Å²) in [5.41, 5.74) is 4.04. The van der Waals surface area contributed by atoms with E-state index >= 15 is 0 Å². The van der Waals surface area contributed by atoms with Gasteiger partial charge in [0.15, 0.2) is 0 Å². The van der Waals surface area contributed by atoms with Gasteiger partial charge in [0.2, 0.25) is 0 Å². The quantitative estimate of drug-likeness (QED) is 0.843. The molecular formula is C18H19NO3. The van der Waals surface area contributed by atoms with Crippen molar-refractivity contribution in [1.29, 1.82) is 0 Å². The molecule has 114 valence electrons. The number of benzene rings is 2. The molecule has 0 saturated carbocycles. The van der Waals surface area contributed by atoms with Gasteiger partial charge in [-0.1, -0.05) is 12.1 Å². The van der Waals surface area contributed by atoms with E-state index in [0.717, 1.165) is 16.8 Å². The average molecular weight is 297 g/mol. The van der Waals surface area contributed by atoms with Crippen LogP contribution in [0.2, 0.25) is 0 Å². The van der Waals surface area contributed by atoms with Crippen LogP contribution in [0.15, 0.2) is 41.4 Å². The summed E-state index contributed by atoms with van der Waals surface area (Å²) in [5, 5.41) is 9.26. The van der Waals surface area contributed by atoms with E-state index in [4.69, 9.17) is 4.74 Å². The minimum atomic E-state index is -1.01. The van der Waals surface area contributed by atoms with Gasteiger partial charge in [-0.15, -0.1) is 0 Å². The lowest BCUT2D eigenvalue weighted by Crippen LogP contribution is -2.03. The van der Waals surface area contributed by atoms with Crippen molar-refractivity contribution in [2.24, 2.45) is 4.99 Å². The van der Waals surface area contributed by atoms with Crippen molar-refractivity contribution in [3.63, 3.8) is 0 Å².